The first-order valence-corrected chi connectivity index (χ1v) is 10.2. The summed E-state index contributed by atoms with van der Waals surface area (Å²) in [5.74, 6) is 0.463. The van der Waals surface area contributed by atoms with Crippen LogP contribution in [0.3, 0.4) is 0 Å². The van der Waals surface area contributed by atoms with Gasteiger partial charge in [0.05, 0.1) is 11.5 Å². The van der Waals surface area contributed by atoms with Crippen LogP contribution in [-0.2, 0) is 6.54 Å². The number of nitrogens with two attached hydrogens (primary N) is 1. The summed E-state index contributed by atoms with van der Waals surface area (Å²) in [5.41, 5.74) is 11.8. The van der Waals surface area contributed by atoms with Crippen LogP contribution >= 0.6 is 0 Å². The first-order chi connectivity index (χ1) is 14.5. The van der Waals surface area contributed by atoms with E-state index in [2.05, 4.69) is 84.1 Å². The normalized spacial score (nSPS) is 16.2. The van der Waals surface area contributed by atoms with Gasteiger partial charge in [0.1, 0.15) is 11.6 Å². The minimum atomic E-state index is -0.317. The van der Waals surface area contributed by atoms with Gasteiger partial charge in [-0.1, -0.05) is 38.1 Å². The van der Waals surface area contributed by atoms with Gasteiger partial charge in [0.15, 0.2) is 0 Å². The van der Waals surface area contributed by atoms with Crippen LogP contribution in [0.5, 0.6) is 5.88 Å². The molecule has 6 heteroatoms. The zero-order valence-electron chi connectivity index (χ0n) is 17.2. The van der Waals surface area contributed by atoms with Gasteiger partial charge >= 0.3 is 0 Å². The lowest BCUT2D eigenvalue weighted by atomic mass is 9.82. The Morgan fingerprint density at radius 3 is 2.70 bits per heavy atom. The molecule has 0 radical (unpaired) electrons. The highest BCUT2D eigenvalue weighted by molar-refractivity contribution is 6.08. The van der Waals surface area contributed by atoms with Crippen LogP contribution in [0.15, 0.2) is 53.9 Å². The van der Waals surface area contributed by atoms with E-state index in [-0.39, 0.29) is 17.7 Å². The van der Waals surface area contributed by atoms with E-state index in [0.717, 1.165) is 23.4 Å². The van der Waals surface area contributed by atoms with Crippen molar-refractivity contribution in [3.63, 3.8) is 0 Å². The Kier molecular flexibility index (Phi) is 4.07. The zero-order valence-corrected chi connectivity index (χ0v) is 17.2. The quantitative estimate of drug-likeness (QED) is 0.515. The van der Waals surface area contributed by atoms with E-state index in [9.17, 15) is 5.26 Å². The molecule has 1 atom stereocenters. The molecule has 0 amide bonds. The number of aromatic nitrogens is 3. The maximum Gasteiger partial charge on any atom is 0.244 e. The number of para-hydroxylation sites is 1. The van der Waals surface area contributed by atoms with Gasteiger partial charge in [-0.15, -0.1) is 5.10 Å². The van der Waals surface area contributed by atoms with Crippen molar-refractivity contribution >= 4 is 21.8 Å². The number of hydrogen-bond donors (Lipinski definition) is 2. The first-order valence-electron chi connectivity index (χ1n) is 10.2. The lowest BCUT2D eigenvalue weighted by Gasteiger charge is -2.25. The van der Waals surface area contributed by atoms with Crippen molar-refractivity contribution in [1.29, 1.82) is 5.26 Å². The lowest BCUT2D eigenvalue weighted by molar-refractivity contribution is 0.378. The van der Waals surface area contributed by atoms with Crippen LogP contribution in [-0.4, -0.2) is 14.8 Å². The van der Waals surface area contributed by atoms with E-state index >= 15 is 0 Å². The van der Waals surface area contributed by atoms with Gasteiger partial charge < -0.3 is 15.0 Å². The molecule has 1 aliphatic heterocycles. The molecule has 0 aliphatic carbocycles. The number of allylic oxidation sites excluding steroid dienone is 1. The van der Waals surface area contributed by atoms with Gasteiger partial charge in [-0.2, -0.15) is 5.26 Å². The number of ether oxygens (including phenoxy) is 1. The largest absolute Gasteiger partial charge is 0.420 e. The molecule has 4 aromatic rings. The first kappa shape index (κ1) is 18.3. The van der Waals surface area contributed by atoms with Gasteiger partial charge in [0, 0.05) is 34.0 Å². The second-order valence-corrected chi connectivity index (χ2v) is 7.97. The highest BCUT2D eigenvalue weighted by Crippen LogP contribution is 2.45. The Balaban J connectivity index is 1.80. The van der Waals surface area contributed by atoms with Crippen LogP contribution in [0, 0.1) is 11.3 Å². The Labute approximate surface area is 174 Å². The summed E-state index contributed by atoms with van der Waals surface area (Å²) < 4.78 is 8.00. The van der Waals surface area contributed by atoms with E-state index < -0.39 is 0 Å². The number of nitrogens with one attached hydrogen (secondary N) is 1. The van der Waals surface area contributed by atoms with Crippen molar-refractivity contribution in [2.24, 2.45) is 5.73 Å². The predicted molar refractivity (Wildman–Crippen MR) is 117 cm³/mol. The molecule has 6 nitrogen and oxygen atoms in total. The minimum absolute atomic E-state index is 0.118. The highest BCUT2D eigenvalue weighted by Gasteiger charge is 2.36. The average Bonchev–Trinajstić information content (AvgIpc) is 3.31. The summed E-state index contributed by atoms with van der Waals surface area (Å²) >= 11 is 0. The molecule has 0 spiro atoms. The molecule has 0 fully saturated rings. The average molecular weight is 397 g/mol. The molecule has 0 saturated heterocycles. The van der Waals surface area contributed by atoms with Crippen molar-refractivity contribution in [2.45, 2.75) is 39.2 Å². The van der Waals surface area contributed by atoms with Gasteiger partial charge in [-0.3, -0.25) is 5.10 Å². The van der Waals surface area contributed by atoms with Crippen molar-refractivity contribution in [3.8, 4) is 11.9 Å². The molecule has 5 rings (SSSR count). The maximum absolute atomic E-state index is 9.91. The number of benzene rings is 2. The van der Waals surface area contributed by atoms with E-state index in [0.29, 0.717) is 11.5 Å². The number of rotatable bonds is 3. The molecule has 2 aromatic carbocycles. The SMILES string of the molecule is CCn1c2ccccc2c2cc([C@@H]3C(C#N)=C(N)Oc4n[nH]c(C(C)C)c43)ccc21. The van der Waals surface area contributed by atoms with Crippen molar-refractivity contribution < 1.29 is 4.74 Å². The number of H-pyrrole nitrogens is 1. The molecule has 30 heavy (non-hydrogen) atoms. The lowest BCUT2D eigenvalue weighted by Crippen LogP contribution is -2.21. The second-order valence-electron chi connectivity index (χ2n) is 7.97. The third-order valence-electron chi connectivity index (χ3n) is 5.99. The van der Waals surface area contributed by atoms with E-state index in [1.54, 1.807) is 0 Å². The molecular weight excluding hydrogens is 374 g/mol. The zero-order chi connectivity index (χ0) is 21.0. The monoisotopic (exact) mass is 397 g/mol. The Bertz CT molecular complexity index is 1370. The molecule has 0 saturated carbocycles. The van der Waals surface area contributed by atoms with Crippen LogP contribution < -0.4 is 10.5 Å². The van der Waals surface area contributed by atoms with E-state index in [1.165, 1.54) is 21.8 Å². The van der Waals surface area contributed by atoms with Gasteiger partial charge in [0.2, 0.25) is 11.8 Å². The van der Waals surface area contributed by atoms with Crippen molar-refractivity contribution in [3.05, 3.63) is 70.7 Å². The van der Waals surface area contributed by atoms with Crippen molar-refractivity contribution in [1.82, 2.24) is 14.8 Å². The Morgan fingerprint density at radius 1 is 1.20 bits per heavy atom. The molecule has 2 aromatic heterocycles. The Hall–Kier alpha value is -3.72. The summed E-state index contributed by atoms with van der Waals surface area (Å²) in [6.07, 6.45) is 0. The molecule has 150 valence electrons. The molecule has 0 unspecified atom stereocenters. The van der Waals surface area contributed by atoms with Crippen LogP contribution in [0.25, 0.3) is 21.8 Å². The number of nitrogens with zero attached hydrogens (tertiary/aromatic N) is 3. The topological polar surface area (TPSA) is 92.7 Å². The second kappa shape index (κ2) is 6.67. The molecule has 3 heterocycles. The minimum Gasteiger partial charge on any atom is -0.420 e. The highest BCUT2D eigenvalue weighted by atomic mass is 16.5. The number of aryl methyl sites for hydroxylation is 1. The standard InChI is InChI=1S/C24H23N5O/c1-4-29-18-8-6-5-7-15(18)16-11-14(9-10-19(16)29)20-17(12-25)23(26)30-24-21(20)22(13(2)3)27-28-24/h5-11,13,20H,4,26H2,1-3H3,(H,27,28)/t20-/m1/s1. The number of nitriles is 1. The summed E-state index contributed by atoms with van der Waals surface area (Å²) in [6, 6.07) is 17.1. The molecule has 1 aliphatic rings. The third kappa shape index (κ3) is 2.45. The van der Waals surface area contributed by atoms with E-state index in [1.807, 2.05) is 0 Å². The summed E-state index contributed by atoms with van der Waals surface area (Å²) in [7, 11) is 0. The summed E-state index contributed by atoms with van der Waals surface area (Å²) in [4.78, 5) is 0. The Morgan fingerprint density at radius 2 is 1.97 bits per heavy atom. The van der Waals surface area contributed by atoms with Crippen LogP contribution in [0.4, 0.5) is 0 Å². The summed E-state index contributed by atoms with van der Waals surface area (Å²) in [6.45, 7) is 7.23. The molecular formula is C24H23N5O. The van der Waals surface area contributed by atoms with Crippen LogP contribution in [0.2, 0.25) is 0 Å². The molecule has 0 bridgehead atoms. The number of fused-ring (bicyclic) bond motifs is 4. The van der Waals surface area contributed by atoms with Crippen LogP contribution in [0.1, 0.15) is 49.4 Å². The third-order valence-corrected chi connectivity index (χ3v) is 5.99. The molecule has 3 N–H and O–H groups in total. The smallest absolute Gasteiger partial charge is 0.244 e. The summed E-state index contributed by atoms with van der Waals surface area (Å²) in [5, 5.41) is 19.7. The number of aromatic amines is 1. The van der Waals surface area contributed by atoms with Gasteiger partial charge in [0.25, 0.3) is 0 Å². The van der Waals surface area contributed by atoms with Gasteiger partial charge in [-0.05, 0) is 36.6 Å². The fourth-order valence-electron chi connectivity index (χ4n) is 4.63. The predicted octanol–water partition coefficient (Wildman–Crippen LogP) is 4.88. The maximum atomic E-state index is 9.91. The van der Waals surface area contributed by atoms with Crippen molar-refractivity contribution in [2.75, 3.05) is 0 Å². The van der Waals surface area contributed by atoms with E-state index in [4.69, 9.17) is 10.5 Å². The fraction of sp³-hybridized carbons (Fsp3) is 0.250. The van der Waals surface area contributed by atoms with Gasteiger partial charge in [-0.25, -0.2) is 0 Å². The number of hydrogen-bond acceptors (Lipinski definition) is 4. The fourth-order valence-corrected chi connectivity index (χ4v) is 4.63.